The Balaban J connectivity index is 2.08. The molecule has 0 bridgehead atoms. The summed E-state index contributed by atoms with van der Waals surface area (Å²) in [6.07, 6.45) is 3.59. The Morgan fingerprint density at radius 3 is 1.89 bits per heavy atom. The zero-order valence-electron chi connectivity index (χ0n) is 12.6. The van der Waals surface area contributed by atoms with Gasteiger partial charge in [0.15, 0.2) is 0 Å². The van der Waals surface area contributed by atoms with E-state index in [2.05, 4.69) is 64.1 Å². The fourth-order valence-electron chi connectivity index (χ4n) is 2.79. The maximum Gasteiger partial charge on any atom is -0.0270 e. The highest BCUT2D eigenvalue weighted by Crippen LogP contribution is 2.23. The highest BCUT2D eigenvalue weighted by atomic mass is 14.1. The van der Waals surface area contributed by atoms with Crippen LogP contribution in [0, 0.1) is 27.7 Å². The fourth-order valence-corrected chi connectivity index (χ4v) is 2.79. The highest BCUT2D eigenvalue weighted by molar-refractivity contribution is 5.44. The maximum absolute atomic E-state index is 2.31. The molecule has 0 N–H and O–H groups in total. The number of rotatable bonds is 4. The van der Waals surface area contributed by atoms with Crippen molar-refractivity contribution in [3.8, 4) is 0 Å². The highest BCUT2D eigenvalue weighted by Gasteiger charge is 2.08. The van der Waals surface area contributed by atoms with Crippen LogP contribution in [0.2, 0.25) is 0 Å². The summed E-state index contributed by atoms with van der Waals surface area (Å²) in [5.74, 6) is 0. The molecule has 0 heteroatoms. The molecule has 2 aromatic carbocycles. The van der Waals surface area contributed by atoms with E-state index in [1.807, 2.05) is 0 Å². The standard InChI is InChI=1S/C19H24/c1-14-13-15(2)17(4)19(16(14)3)12-8-11-18-9-6-5-7-10-18/h5-7,9-10,13H,8,11-12H2,1-4H3. The van der Waals surface area contributed by atoms with Crippen LogP contribution in [-0.4, -0.2) is 0 Å². The third kappa shape index (κ3) is 3.26. The predicted molar refractivity (Wildman–Crippen MR) is 83.9 cm³/mol. The van der Waals surface area contributed by atoms with E-state index in [1.54, 1.807) is 5.56 Å². The molecule has 0 nitrogen and oxygen atoms in total. The Morgan fingerprint density at radius 2 is 1.32 bits per heavy atom. The van der Waals surface area contributed by atoms with Crippen LogP contribution in [0.4, 0.5) is 0 Å². The molecule has 0 saturated heterocycles. The summed E-state index contributed by atoms with van der Waals surface area (Å²) in [5, 5.41) is 0. The summed E-state index contributed by atoms with van der Waals surface area (Å²) < 4.78 is 0. The van der Waals surface area contributed by atoms with Crippen LogP contribution >= 0.6 is 0 Å². The minimum Gasteiger partial charge on any atom is -0.0622 e. The first-order valence-electron chi connectivity index (χ1n) is 7.20. The van der Waals surface area contributed by atoms with Crippen molar-refractivity contribution in [2.24, 2.45) is 0 Å². The Labute approximate surface area is 117 Å². The van der Waals surface area contributed by atoms with E-state index in [4.69, 9.17) is 0 Å². The molecule has 0 atom stereocenters. The SMILES string of the molecule is Cc1cc(C)c(C)c(CCCc2ccccc2)c1C. The van der Waals surface area contributed by atoms with Gasteiger partial charge in [-0.2, -0.15) is 0 Å². The average molecular weight is 252 g/mol. The molecule has 0 aliphatic carbocycles. The molecular weight excluding hydrogens is 228 g/mol. The summed E-state index contributed by atoms with van der Waals surface area (Å²) in [6.45, 7) is 8.98. The molecule has 0 spiro atoms. The van der Waals surface area contributed by atoms with Gasteiger partial charge < -0.3 is 0 Å². The molecule has 19 heavy (non-hydrogen) atoms. The molecule has 0 radical (unpaired) electrons. The summed E-state index contributed by atoms with van der Waals surface area (Å²) in [5.41, 5.74) is 8.83. The second-order valence-electron chi connectivity index (χ2n) is 5.58. The van der Waals surface area contributed by atoms with Gasteiger partial charge >= 0.3 is 0 Å². The first-order chi connectivity index (χ1) is 9.09. The number of benzene rings is 2. The van der Waals surface area contributed by atoms with Crippen LogP contribution in [0.15, 0.2) is 36.4 Å². The van der Waals surface area contributed by atoms with Crippen LogP contribution in [-0.2, 0) is 12.8 Å². The normalized spacial score (nSPS) is 10.7. The van der Waals surface area contributed by atoms with Gasteiger partial charge in [-0.05, 0) is 80.3 Å². The van der Waals surface area contributed by atoms with Gasteiger partial charge in [-0.25, -0.2) is 0 Å². The molecule has 0 aliphatic heterocycles. The molecule has 2 aromatic rings. The minimum absolute atomic E-state index is 1.17. The second kappa shape index (κ2) is 6.06. The molecule has 0 saturated carbocycles. The fraction of sp³-hybridized carbons (Fsp3) is 0.368. The van der Waals surface area contributed by atoms with E-state index in [-0.39, 0.29) is 0 Å². The Kier molecular flexibility index (Phi) is 4.42. The average Bonchev–Trinajstić information content (AvgIpc) is 2.42. The van der Waals surface area contributed by atoms with Crippen molar-refractivity contribution in [3.63, 3.8) is 0 Å². The van der Waals surface area contributed by atoms with Gasteiger partial charge in [-0.15, -0.1) is 0 Å². The lowest BCUT2D eigenvalue weighted by molar-refractivity contribution is 0.808. The topological polar surface area (TPSA) is 0 Å². The molecule has 0 aromatic heterocycles. The minimum atomic E-state index is 1.17. The summed E-state index contributed by atoms with van der Waals surface area (Å²) in [6, 6.07) is 13.1. The summed E-state index contributed by atoms with van der Waals surface area (Å²) in [7, 11) is 0. The lowest BCUT2D eigenvalue weighted by Crippen LogP contribution is -2.00. The monoisotopic (exact) mass is 252 g/mol. The molecule has 0 amide bonds. The van der Waals surface area contributed by atoms with Crippen molar-refractivity contribution >= 4 is 0 Å². The molecule has 0 heterocycles. The van der Waals surface area contributed by atoms with Gasteiger partial charge in [0.2, 0.25) is 0 Å². The zero-order chi connectivity index (χ0) is 13.8. The lowest BCUT2D eigenvalue weighted by Gasteiger charge is -2.15. The zero-order valence-corrected chi connectivity index (χ0v) is 12.6. The molecule has 100 valence electrons. The Morgan fingerprint density at radius 1 is 0.737 bits per heavy atom. The number of hydrogen-bond donors (Lipinski definition) is 0. The van der Waals surface area contributed by atoms with Crippen molar-refractivity contribution < 1.29 is 0 Å². The van der Waals surface area contributed by atoms with Crippen LogP contribution < -0.4 is 0 Å². The number of hydrogen-bond acceptors (Lipinski definition) is 0. The van der Waals surface area contributed by atoms with Gasteiger partial charge in [0.25, 0.3) is 0 Å². The van der Waals surface area contributed by atoms with Crippen LogP contribution in [0.5, 0.6) is 0 Å². The van der Waals surface area contributed by atoms with Crippen molar-refractivity contribution in [1.29, 1.82) is 0 Å². The molecule has 0 unspecified atom stereocenters. The van der Waals surface area contributed by atoms with Gasteiger partial charge in [-0.3, -0.25) is 0 Å². The predicted octanol–water partition coefficient (Wildman–Crippen LogP) is 5.10. The van der Waals surface area contributed by atoms with Crippen molar-refractivity contribution in [3.05, 3.63) is 69.8 Å². The van der Waals surface area contributed by atoms with Crippen LogP contribution in [0.3, 0.4) is 0 Å². The number of aryl methyl sites for hydroxylation is 3. The lowest BCUT2D eigenvalue weighted by atomic mass is 9.90. The van der Waals surface area contributed by atoms with E-state index < -0.39 is 0 Å². The van der Waals surface area contributed by atoms with E-state index in [1.165, 1.54) is 47.1 Å². The van der Waals surface area contributed by atoms with Gasteiger partial charge in [0.1, 0.15) is 0 Å². The second-order valence-corrected chi connectivity index (χ2v) is 5.58. The molecular formula is C19H24. The quantitative estimate of drug-likeness (QED) is 0.710. The van der Waals surface area contributed by atoms with Crippen molar-refractivity contribution in [1.82, 2.24) is 0 Å². The maximum atomic E-state index is 2.31. The van der Waals surface area contributed by atoms with Crippen LogP contribution in [0.1, 0.15) is 39.8 Å². The molecule has 2 rings (SSSR count). The Bertz CT molecular complexity index is 524. The van der Waals surface area contributed by atoms with E-state index in [0.29, 0.717) is 0 Å². The molecule has 0 fully saturated rings. The third-order valence-electron chi connectivity index (χ3n) is 4.26. The van der Waals surface area contributed by atoms with E-state index >= 15 is 0 Å². The van der Waals surface area contributed by atoms with Crippen molar-refractivity contribution in [2.45, 2.75) is 47.0 Å². The van der Waals surface area contributed by atoms with E-state index in [0.717, 1.165) is 0 Å². The van der Waals surface area contributed by atoms with Crippen molar-refractivity contribution in [2.75, 3.05) is 0 Å². The van der Waals surface area contributed by atoms with E-state index in [9.17, 15) is 0 Å². The van der Waals surface area contributed by atoms with Crippen LogP contribution in [0.25, 0.3) is 0 Å². The van der Waals surface area contributed by atoms with Gasteiger partial charge in [0, 0.05) is 0 Å². The third-order valence-corrected chi connectivity index (χ3v) is 4.26. The summed E-state index contributed by atoms with van der Waals surface area (Å²) in [4.78, 5) is 0. The smallest absolute Gasteiger partial charge is 0.0270 e. The van der Waals surface area contributed by atoms with Gasteiger partial charge in [0.05, 0.1) is 0 Å². The Hall–Kier alpha value is -1.56. The summed E-state index contributed by atoms with van der Waals surface area (Å²) >= 11 is 0. The largest absolute Gasteiger partial charge is 0.0622 e. The first-order valence-corrected chi connectivity index (χ1v) is 7.20. The van der Waals surface area contributed by atoms with Gasteiger partial charge in [-0.1, -0.05) is 36.4 Å². The molecule has 0 aliphatic rings. The first kappa shape index (κ1) is 13.9.